The van der Waals surface area contributed by atoms with Gasteiger partial charge in [-0.2, -0.15) is 0 Å². The number of halogens is 1. The lowest BCUT2D eigenvalue weighted by atomic mass is 10.1. The molecule has 2 aromatic rings. The topological polar surface area (TPSA) is 42.0 Å². The van der Waals surface area contributed by atoms with Gasteiger partial charge in [-0.3, -0.25) is 4.79 Å². The monoisotopic (exact) mass is 674 g/mol. The average molecular weight is 676 g/mol. The van der Waals surface area contributed by atoms with Crippen molar-refractivity contribution in [1.82, 2.24) is 4.90 Å². The van der Waals surface area contributed by atoms with E-state index >= 15 is 0 Å². The number of thioether (sulfide) groups is 1. The van der Waals surface area contributed by atoms with Gasteiger partial charge in [-0.25, -0.2) is 0 Å². The Kier molecular flexibility index (Phi) is 18.6. The molecule has 240 valence electrons. The van der Waals surface area contributed by atoms with Gasteiger partial charge in [0.2, 0.25) is 5.91 Å². The highest BCUT2D eigenvalue weighted by molar-refractivity contribution is 8.93. The Hall–Kier alpha value is -2.12. The molecule has 0 aliphatic carbocycles. The van der Waals surface area contributed by atoms with Crippen molar-refractivity contribution in [3.05, 3.63) is 64.7 Å². The maximum atomic E-state index is 12.6. The van der Waals surface area contributed by atoms with Crippen molar-refractivity contribution >= 4 is 40.3 Å². The minimum atomic E-state index is 0. The van der Waals surface area contributed by atoms with Crippen LogP contribution < -0.4 is 14.4 Å². The average Bonchev–Trinajstić information content (AvgIpc) is 3.40. The third kappa shape index (κ3) is 14.0. The predicted molar refractivity (Wildman–Crippen MR) is 190 cm³/mol. The van der Waals surface area contributed by atoms with Gasteiger partial charge in [0.25, 0.3) is 0 Å². The number of amides is 1. The lowest BCUT2D eigenvalue weighted by Gasteiger charge is -2.23. The zero-order chi connectivity index (χ0) is 30.0. The molecule has 0 saturated carbocycles. The van der Waals surface area contributed by atoms with Crippen molar-refractivity contribution in [3.8, 4) is 11.5 Å². The fraction of sp³-hybridized carbons (Fsp3) is 0.583. The Morgan fingerprint density at radius 1 is 0.884 bits per heavy atom. The van der Waals surface area contributed by atoms with E-state index < -0.39 is 0 Å². The Bertz CT molecular complexity index is 1110. The first-order valence-corrected chi connectivity index (χ1v) is 17.2. The number of unbranched alkanes of at least 4 members (excludes halogenated alkanes) is 11. The second-order valence-electron chi connectivity index (χ2n) is 11.6. The van der Waals surface area contributed by atoms with Crippen LogP contribution in [0.2, 0.25) is 0 Å². The van der Waals surface area contributed by atoms with E-state index in [4.69, 9.17) is 9.47 Å². The summed E-state index contributed by atoms with van der Waals surface area (Å²) in [7, 11) is 1.69. The summed E-state index contributed by atoms with van der Waals surface area (Å²) >= 11 is 1.86. The van der Waals surface area contributed by atoms with E-state index in [0.29, 0.717) is 13.2 Å². The molecule has 1 heterocycles. The summed E-state index contributed by atoms with van der Waals surface area (Å²) in [5.41, 5.74) is 3.28. The van der Waals surface area contributed by atoms with Crippen molar-refractivity contribution < 1.29 is 14.3 Å². The molecular formula is C36H55BrN2O3S. The smallest absolute Gasteiger partial charge is 0.223 e. The zero-order valence-corrected chi connectivity index (χ0v) is 29.6. The van der Waals surface area contributed by atoms with Crippen LogP contribution in [-0.2, 0) is 17.8 Å². The van der Waals surface area contributed by atoms with Crippen LogP contribution in [0.4, 0.5) is 5.69 Å². The number of allylic oxidation sites excluding steroid dienone is 1. The van der Waals surface area contributed by atoms with E-state index in [-0.39, 0.29) is 22.9 Å². The Balaban J connectivity index is 0.00000645. The van der Waals surface area contributed by atoms with E-state index in [0.717, 1.165) is 48.0 Å². The van der Waals surface area contributed by atoms with Crippen LogP contribution in [0.25, 0.3) is 0 Å². The van der Waals surface area contributed by atoms with Gasteiger partial charge in [0, 0.05) is 31.9 Å². The van der Waals surface area contributed by atoms with Gasteiger partial charge in [0.05, 0.1) is 19.6 Å². The van der Waals surface area contributed by atoms with Gasteiger partial charge >= 0.3 is 0 Å². The normalized spacial score (nSPS) is 12.6. The van der Waals surface area contributed by atoms with Crippen molar-refractivity contribution in [1.29, 1.82) is 0 Å². The Morgan fingerprint density at radius 3 is 2.16 bits per heavy atom. The predicted octanol–water partition coefficient (Wildman–Crippen LogP) is 10.3. The van der Waals surface area contributed by atoms with E-state index in [1.165, 1.54) is 81.1 Å². The van der Waals surface area contributed by atoms with Gasteiger partial charge in [0.15, 0.2) is 11.5 Å². The second-order valence-corrected chi connectivity index (χ2v) is 12.8. The Morgan fingerprint density at radius 2 is 1.56 bits per heavy atom. The number of hydrogen-bond donors (Lipinski definition) is 0. The molecule has 1 aliphatic heterocycles. The minimum absolute atomic E-state index is 0. The number of methoxy groups -OCH3 is 1. The molecule has 0 unspecified atom stereocenters. The molecule has 0 spiro atoms. The van der Waals surface area contributed by atoms with Crippen LogP contribution in [0.1, 0.15) is 109 Å². The molecular weight excluding hydrogens is 620 g/mol. The number of benzene rings is 2. The summed E-state index contributed by atoms with van der Waals surface area (Å²) in [6.45, 7) is 8.24. The van der Waals surface area contributed by atoms with Crippen molar-refractivity contribution in [3.63, 3.8) is 0 Å². The van der Waals surface area contributed by atoms with Crippen molar-refractivity contribution in [2.75, 3.05) is 31.0 Å². The molecule has 5 nitrogen and oxygen atoms in total. The molecule has 0 saturated heterocycles. The van der Waals surface area contributed by atoms with Gasteiger partial charge in [-0.15, -0.1) is 28.7 Å². The molecule has 0 fully saturated rings. The highest BCUT2D eigenvalue weighted by Gasteiger charge is 2.15. The van der Waals surface area contributed by atoms with Crippen molar-refractivity contribution in [2.24, 2.45) is 0 Å². The van der Waals surface area contributed by atoms with Crippen LogP contribution in [0.3, 0.4) is 0 Å². The number of carbonyl (C=O) groups is 1. The van der Waals surface area contributed by atoms with E-state index in [2.05, 4.69) is 43.1 Å². The van der Waals surface area contributed by atoms with Crippen LogP contribution in [0.5, 0.6) is 11.5 Å². The summed E-state index contributed by atoms with van der Waals surface area (Å²) in [6, 6.07) is 14.5. The number of ether oxygens (including phenoxy) is 2. The number of hydrogen-bond acceptors (Lipinski definition) is 5. The summed E-state index contributed by atoms with van der Waals surface area (Å²) < 4.78 is 11.7. The minimum Gasteiger partial charge on any atom is -0.493 e. The SMILES string of the molecule is Br.CCCCCCCCCCCCCCOc1ccc(CCN(C(C)=O)c2cccc(CN3C=C(C)SC3)c2)cc1OC. The zero-order valence-electron chi connectivity index (χ0n) is 27.1. The van der Waals surface area contributed by atoms with E-state index in [9.17, 15) is 4.79 Å². The highest BCUT2D eigenvalue weighted by atomic mass is 79.9. The first-order chi connectivity index (χ1) is 20.5. The van der Waals surface area contributed by atoms with Gasteiger partial charge < -0.3 is 19.3 Å². The van der Waals surface area contributed by atoms with Gasteiger partial charge in [-0.1, -0.05) is 95.8 Å². The third-order valence-electron chi connectivity index (χ3n) is 7.92. The largest absolute Gasteiger partial charge is 0.493 e. The summed E-state index contributed by atoms with van der Waals surface area (Å²) in [4.78, 5) is 18.1. The molecule has 0 radical (unpaired) electrons. The summed E-state index contributed by atoms with van der Waals surface area (Å²) in [5.74, 6) is 2.58. The van der Waals surface area contributed by atoms with Crippen molar-refractivity contribution in [2.45, 2.75) is 111 Å². The molecule has 0 aromatic heterocycles. The molecule has 0 N–H and O–H groups in total. The van der Waals surface area contributed by atoms with Crippen LogP contribution in [0.15, 0.2) is 53.6 Å². The lowest BCUT2D eigenvalue weighted by Crippen LogP contribution is -2.30. The van der Waals surface area contributed by atoms with Crippen LogP contribution in [-0.4, -0.2) is 36.9 Å². The van der Waals surface area contributed by atoms with Gasteiger partial charge in [0.1, 0.15) is 0 Å². The number of carbonyl (C=O) groups excluding carboxylic acids is 1. The van der Waals surface area contributed by atoms with Crippen LogP contribution >= 0.6 is 28.7 Å². The molecule has 0 atom stereocenters. The van der Waals surface area contributed by atoms with E-state index in [1.54, 1.807) is 14.0 Å². The van der Waals surface area contributed by atoms with E-state index in [1.807, 2.05) is 40.9 Å². The molecule has 7 heteroatoms. The number of nitrogens with zero attached hydrogens (tertiary/aromatic N) is 2. The molecule has 1 aliphatic rings. The Labute approximate surface area is 276 Å². The number of rotatable bonds is 21. The lowest BCUT2D eigenvalue weighted by molar-refractivity contribution is -0.116. The molecule has 2 aromatic carbocycles. The fourth-order valence-electron chi connectivity index (χ4n) is 5.49. The highest BCUT2D eigenvalue weighted by Crippen LogP contribution is 2.30. The first kappa shape index (κ1) is 37.1. The summed E-state index contributed by atoms with van der Waals surface area (Å²) in [5, 5.41) is 0. The molecule has 3 rings (SSSR count). The quantitative estimate of drug-likeness (QED) is 0.123. The molecule has 43 heavy (non-hydrogen) atoms. The van der Waals surface area contributed by atoms with Gasteiger partial charge in [-0.05, 0) is 60.1 Å². The molecule has 1 amide bonds. The maximum Gasteiger partial charge on any atom is 0.223 e. The first-order valence-electron chi connectivity index (χ1n) is 16.2. The maximum absolute atomic E-state index is 12.6. The summed E-state index contributed by atoms with van der Waals surface area (Å²) in [6.07, 6.45) is 19.0. The molecule has 0 bridgehead atoms. The third-order valence-corrected chi connectivity index (χ3v) is 8.94. The van der Waals surface area contributed by atoms with Crippen LogP contribution in [0, 0.1) is 0 Å². The second kappa shape index (κ2) is 21.6. The standard InChI is InChI=1S/C36H54N2O3S.BrH/c1-5-6-7-8-9-10-11-12-13-14-15-16-24-41-35-21-20-32(26-36(35)40-4)22-23-38(31(3)39)34-19-17-18-33(25-34)28-37-27-30(2)42-29-37;/h17-21,25-27H,5-16,22-24,28-29H2,1-4H3;1H. The fourth-order valence-corrected chi connectivity index (χ4v) is 6.24. The number of anilines is 1.